The molecular formula is C13H18F2O2. The van der Waals surface area contributed by atoms with Crippen molar-refractivity contribution in [2.75, 3.05) is 7.11 Å². The van der Waals surface area contributed by atoms with Gasteiger partial charge in [0, 0.05) is 18.9 Å². The molecule has 0 spiro atoms. The van der Waals surface area contributed by atoms with Crippen LogP contribution in [0.4, 0.5) is 8.78 Å². The number of alkyl halides is 2. The van der Waals surface area contributed by atoms with E-state index in [0.29, 0.717) is 12.0 Å². The Balaban J connectivity index is 3.36. The first kappa shape index (κ1) is 13.9. The van der Waals surface area contributed by atoms with Crippen LogP contribution in [0.15, 0.2) is 12.1 Å². The molecule has 0 radical (unpaired) electrons. The Morgan fingerprint density at radius 3 is 2.41 bits per heavy atom. The lowest BCUT2D eigenvalue weighted by Crippen LogP contribution is -2.14. The SMILES string of the molecule is COc1c(C(C)(F)F)ccc(C)c1CC(C)O. The molecule has 2 nitrogen and oxygen atoms in total. The zero-order valence-corrected chi connectivity index (χ0v) is 10.6. The van der Waals surface area contributed by atoms with Crippen LogP contribution in [0.1, 0.15) is 30.5 Å². The van der Waals surface area contributed by atoms with Crippen LogP contribution >= 0.6 is 0 Å². The van der Waals surface area contributed by atoms with Crippen molar-refractivity contribution >= 4 is 0 Å². The van der Waals surface area contributed by atoms with Crippen LogP contribution in [0.3, 0.4) is 0 Å². The molecule has 0 aliphatic carbocycles. The van der Waals surface area contributed by atoms with Crippen LogP contribution in [0.5, 0.6) is 5.75 Å². The number of ether oxygens (including phenoxy) is 1. The molecule has 1 rings (SSSR count). The second kappa shape index (κ2) is 5.00. The molecule has 1 atom stereocenters. The average Bonchev–Trinajstić information content (AvgIpc) is 2.18. The predicted octanol–water partition coefficient (Wildman–Crippen LogP) is 3.04. The van der Waals surface area contributed by atoms with E-state index in [4.69, 9.17) is 4.74 Å². The molecule has 0 amide bonds. The summed E-state index contributed by atoms with van der Waals surface area (Å²) in [6.45, 7) is 4.28. The van der Waals surface area contributed by atoms with E-state index in [0.717, 1.165) is 12.5 Å². The minimum atomic E-state index is -2.95. The lowest BCUT2D eigenvalue weighted by molar-refractivity contribution is 0.0148. The molecule has 0 bridgehead atoms. The van der Waals surface area contributed by atoms with E-state index in [1.807, 2.05) is 6.92 Å². The molecule has 0 aliphatic heterocycles. The molecule has 1 unspecified atom stereocenters. The minimum absolute atomic E-state index is 0.138. The van der Waals surface area contributed by atoms with E-state index < -0.39 is 12.0 Å². The summed E-state index contributed by atoms with van der Waals surface area (Å²) in [6, 6.07) is 3.01. The lowest BCUT2D eigenvalue weighted by Gasteiger charge is -2.20. The Labute approximate surface area is 100 Å². The third-order valence-corrected chi connectivity index (χ3v) is 2.67. The first-order chi connectivity index (χ1) is 7.77. The highest BCUT2D eigenvalue weighted by molar-refractivity contribution is 5.48. The molecule has 4 heteroatoms. The summed E-state index contributed by atoms with van der Waals surface area (Å²) in [5, 5.41) is 9.40. The van der Waals surface area contributed by atoms with Crippen LogP contribution in [0.2, 0.25) is 0 Å². The standard InChI is InChI=1S/C13H18F2O2/c1-8-5-6-11(13(3,14)15)12(17-4)10(8)7-9(2)16/h5-6,9,16H,7H2,1-4H3. The second-order valence-corrected chi connectivity index (χ2v) is 4.38. The Bertz CT molecular complexity index is 395. The van der Waals surface area contributed by atoms with Gasteiger partial charge < -0.3 is 9.84 Å². The van der Waals surface area contributed by atoms with E-state index in [2.05, 4.69) is 0 Å². The van der Waals surface area contributed by atoms with Gasteiger partial charge in [-0.15, -0.1) is 0 Å². The Morgan fingerprint density at radius 1 is 1.41 bits per heavy atom. The number of aryl methyl sites for hydroxylation is 1. The summed E-state index contributed by atoms with van der Waals surface area (Å²) < 4.78 is 31.9. The summed E-state index contributed by atoms with van der Waals surface area (Å²) in [5.74, 6) is -2.77. The van der Waals surface area contributed by atoms with Crippen molar-refractivity contribution in [1.29, 1.82) is 0 Å². The van der Waals surface area contributed by atoms with E-state index in [1.165, 1.54) is 13.2 Å². The summed E-state index contributed by atoms with van der Waals surface area (Å²) >= 11 is 0. The predicted molar refractivity (Wildman–Crippen MR) is 62.7 cm³/mol. The van der Waals surface area contributed by atoms with Gasteiger partial charge in [0.1, 0.15) is 5.75 Å². The fraction of sp³-hybridized carbons (Fsp3) is 0.538. The summed E-state index contributed by atoms with van der Waals surface area (Å²) in [7, 11) is 1.37. The van der Waals surface area contributed by atoms with Gasteiger partial charge in [-0.3, -0.25) is 0 Å². The Morgan fingerprint density at radius 2 is 2.00 bits per heavy atom. The van der Waals surface area contributed by atoms with Gasteiger partial charge in [0.15, 0.2) is 0 Å². The smallest absolute Gasteiger partial charge is 0.274 e. The molecular weight excluding hydrogens is 226 g/mol. The van der Waals surface area contributed by atoms with Crippen molar-refractivity contribution in [1.82, 2.24) is 0 Å². The highest BCUT2D eigenvalue weighted by Crippen LogP contribution is 2.38. The zero-order chi connectivity index (χ0) is 13.2. The first-order valence-electron chi connectivity index (χ1n) is 5.50. The molecule has 0 aromatic heterocycles. The van der Waals surface area contributed by atoms with Crippen molar-refractivity contribution in [3.63, 3.8) is 0 Å². The third kappa shape index (κ3) is 3.16. The van der Waals surface area contributed by atoms with Crippen LogP contribution in [0, 0.1) is 6.92 Å². The van der Waals surface area contributed by atoms with E-state index in [1.54, 1.807) is 13.0 Å². The van der Waals surface area contributed by atoms with Gasteiger partial charge in [-0.05, 0) is 25.5 Å². The molecule has 0 saturated heterocycles. The largest absolute Gasteiger partial charge is 0.496 e. The normalized spacial score (nSPS) is 13.6. The number of hydrogen-bond acceptors (Lipinski definition) is 2. The summed E-state index contributed by atoms with van der Waals surface area (Å²) in [4.78, 5) is 0. The molecule has 0 fully saturated rings. The highest BCUT2D eigenvalue weighted by atomic mass is 19.3. The number of aliphatic hydroxyl groups is 1. The molecule has 1 aromatic rings. The molecule has 0 heterocycles. The maximum absolute atomic E-state index is 13.4. The van der Waals surface area contributed by atoms with Crippen LogP contribution in [-0.4, -0.2) is 18.3 Å². The maximum Gasteiger partial charge on any atom is 0.274 e. The second-order valence-electron chi connectivity index (χ2n) is 4.38. The average molecular weight is 244 g/mol. The van der Waals surface area contributed by atoms with Crippen molar-refractivity contribution in [2.45, 2.75) is 39.2 Å². The molecule has 0 aliphatic rings. The number of hydrogen-bond donors (Lipinski definition) is 1. The number of methoxy groups -OCH3 is 1. The number of rotatable bonds is 4. The maximum atomic E-state index is 13.4. The van der Waals surface area contributed by atoms with Crippen LogP contribution in [0.25, 0.3) is 0 Å². The van der Waals surface area contributed by atoms with Gasteiger partial charge in [0.05, 0.1) is 18.8 Å². The lowest BCUT2D eigenvalue weighted by atomic mass is 9.96. The van der Waals surface area contributed by atoms with Gasteiger partial charge in [-0.1, -0.05) is 6.07 Å². The quantitative estimate of drug-likeness (QED) is 0.882. The van der Waals surface area contributed by atoms with Crippen LogP contribution in [-0.2, 0) is 12.3 Å². The van der Waals surface area contributed by atoms with Crippen molar-refractivity contribution in [3.8, 4) is 5.75 Å². The van der Waals surface area contributed by atoms with Crippen molar-refractivity contribution in [3.05, 3.63) is 28.8 Å². The number of aliphatic hydroxyl groups excluding tert-OH is 1. The molecule has 0 saturated carbocycles. The fourth-order valence-electron chi connectivity index (χ4n) is 1.85. The monoisotopic (exact) mass is 244 g/mol. The molecule has 96 valence electrons. The van der Waals surface area contributed by atoms with Crippen molar-refractivity contribution in [2.24, 2.45) is 0 Å². The van der Waals surface area contributed by atoms with Gasteiger partial charge in [0.2, 0.25) is 0 Å². The van der Waals surface area contributed by atoms with Gasteiger partial charge >= 0.3 is 0 Å². The fourth-order valence-corrected chi connectivity index (χ4v) is 1.85. The highest BCUT2D eigenvalue weighted by Gasteiger charge is 2.30. The topological polar surface area (TPSA) is 29.5 Å². The Kier molecular flexibility index (Phi) is 4.09. The molecule has 1 N–H and O–H groups in total. The van der Waals surface area contributed by atoms with E-state index >= 15 is 0 Å². The van der Waals surface area contributed by atoms with Crippen LogP contribution < -0.4 is 4.74 Å². The summed E-state index contributed by atoms with van der Waals surface area (Å²) in [5.41, 5.74) is 1.35. The van der Waals surface area contributed by atoms with Gasteiger partial charge in [0.25, 0.3) is 5.92 Å². The molecule has 17 heavy (non-hydrogen) atoms. The van der Waals surface area contributed by atoms with Gasteiger partial charge in [-0.25, -0.2) is 8.78 Å². The van der Waals surface area contributed by atoms with E-state index in [9.17, 15) is 13.9 Å². The first-order valence-corrected chi connectivity index (χ1v) is 5.50. The van der Waals surface area contributed by atoms with Crippen molar-refractivity contribution < 1.29 is 18.6 Å². The number of benzene rings is 1. The summed E-state index contributed by atoms with van der Waals surface area (Å²) in [6.07, 6.45) is -0.290. The third-order valence-electron chi connectivity index (χ3n) is 2.67. The minimum Gasteiger partial charge on any atom is -0.496 e. The molecule has 1 aromatic carbocycles. The van der Waals surface area contributed by atoms with Gasteiger partial charge in [-0.2, -0.15) is 0 Å². The van der Waals surface area contributed by atoms with E-state index in [-0.39, 0.29) is 11.3 Å². The number of halogens is 2. The Hall–Kier alpha value is -1.16. The zero-order valence-electron chi connectivity index (χ0n) is 10.6.